The summed E-state index contributed by atoms with van der Waals surface area (Å²) in [5.74, 6) is 0. The summed E-state index contributed by atoms with van der Waals surface area (Å²) < 4.78 is 0. The van der Waals surface area contributed by atoms with Crippen LogP contribution in [-0.4, -0.2) is 0 Å². The summed E-state index contributed by atoms with van der Waals surface area (Å²) in [4.78, 5) is 2.66. The monoisotopic (exact) mass is 815 g/mol. The maximum Gasteiger partial charge on any atom is 0.0714 e. The Hall–Kier alpha value is -6.44. The molecular weight excluding hydrogens is 759 g/mol. The van der Waals surface area contributed by atoms with Crippen LogP contribution in [0.2, 0.25) is 0 Å². The Morgan fingerprint density at radius 2 is 0.984 bits per heavy atom. The molecule has 0 radical (unpaired) electrons. The highest BCUT2D eigenvalue weighted by Crippen LogP contribution is 2.60. The predicted molar refractivity (Wildman–Crippen MR) is 266 cm³/mol. The second kappa shape index (κ2) is 15.1. The van der Waals surface area contributed by atoms with E-state index >= 15 is 0 Å². The molecule has 0 saturated heterocycles. The molecule has 8 aromatic rings. The van der Waals surface area contributed by atoms with Crippen molar-refractivity contribution in [2.45, 2.75) is 89.4 Å². The van der Waals surface area contributed by atoms with Crippen LogP contribution < -0.4 is 4.90 Å². The minimum Gasteiger partial charge on any atom is -0.310 e. The highest BCUT2D eigenvalue weighted by atomic mass is 15.1. The first-order chi connectivity index (χ1) is 30.6. The van der Waals surface area contributed by atoms with Gasteiger partial charge in [0.25, 0.3) is 0 Å². The van der Waals surface area contributed by atoms with Gasteiger partial charge < -0.3 is 4.90 Å². The van der Waals surface area contributed by atoms with Crippen molar-refractivity contribution in [1.29, 1.82) is 0 Å². The van der Waals surface area contributed by atoms with Gasteiger partial charge in [-0.05, 0) is 164 Å². The first-order valence-corrected chi connectivity index (χ1v) is 23.3. The van der Waals surface area contributed by atoms with Crippen molar-refractivity contribution < 1.29 is 0 Å². The fourth-order valence-corrected chi connectivity index (χ4v) is 11.8. The predicted octanol–water partition coefficient (Wildman–Crippen LogP) is 16.4. The van der Waals surface area contributed by atoms with Gasteiger partial charge in [0, 0.05) is 11.3 Å². The SMILES string of the molecule is Cc1cc2c(cc1-c1cc3c(cc1N(c1ccc(-c4ccccc4)cc1)c1cccc4c1C(C)(C)CCC4(C)C)C(c1ccccc1)(c1ccccc1)c1ccccc1-3)CCCC2. The van der Waals surface area contributed by atoms with E-state index in [0.717, 1.165) is 19.3 Å². The summed E-state index contributed by atoms with van der Waals surface area (Å²) >= 11 is 0. The van der Waals surface area contributed by atoms with E-state index < -0.39 is 5.41 Å². The lowest BCUT2D eigenvalue weighted by Crippen LogP contribution is -2.35. The number of nitrogens with zero attached hydrogens (tertiary/aromatic N) is 1. The maximum absolute atomic E-state index is 2.66. The van der Waals surface area contributed by atoms with Gasteiger partial charge >= 0.3 is 0 Å². The molecule has 8 aromatic carbocycles. The average molecular weight is 816 g/mol. The molecule has 0 fully saturated rings. The summed E-state index contributed by atoms with van der Waals surface area (Å²) in [7, 11) is 0. The molecule has 0 aliphatic heterocycles. The van der Waals surface area contributed by atoms with Crippen LogP contribution in [0, 0.1) is 6.92 Å². The Labute approximate surface area is 375 Å². The molecule has 1 heteroatoms. The van der Waals surface area contributed by atoms with Gasteiger partial charge in [-0.1, -0.05) is 179 Å². The van der Waals surface area contributed by atoms with Gasteiger partial charge in [-0.25, -0.2) is 0 Å². The largest absolute Gasteiger partial charge is 0.310 e. The minimum atomic E-state index is -0.535. The molecule has 0 bridgehead atoms. The molecule has 0 spiro atoms. The zero-order chi connectivity index (χ0) is 42.9. The second-order valence-electron chi connectivity index (χ2n) is 19.8. The standard InChI is InChI=1S/C62H57N/c1-42-38-45-22-15-16-23-46(45)39-51(42)53-40-52-50-28-17-18-29-54(50)62(47-24-11-7-12-25-47,48-26-13-8-14-27-48)56(52)41-58(53)63(49-34-32-44(33-35-49)43-20-9-6-10-21-43)57-31-19-30-55-59(57)61(4,5)37-36-60(55,2)3/h6-14,17-21,24-35,38-41H,15-16,22-23,36-37H2,1-5H3. The van der Waals surface area contributed by atoms with Crippen molar-refractivity contribution in [3.05, 3.63) is 232 Å². The smallest absolute Gasteiger partial charge is 0.0714 e. The molecular formula is C62H57N. The Bertz CT molecular complexity index is 2950. The van der Waals surface area contributed by atoms with Crippen LogP contribution in [0.3, 0.4) is 0 Å². The van der Waals surface area contributed by atoms with Crippen molar-refractivity contribution in [3.63, 3.8) is 0 Å². The third kappa shape index (κ3) is 6.34. The fourth-order valence-electron chi connectivity index (χ4n) is 11.8. The number of hydrogen-bond acceptors (Lipinski definition) is 1. The molecule has 0 atom stereocenters. The van der Waals surface area contributed by atoms with Crippen molar-refractivity contribution in [2.24, 2.45) is 0 Å². The summed E-state index contributed by atoms with van der Waals surface area (Å²) in [5, 5.41) is 0. The van der Waals surface area contributed by atoms with E-state index in [-0.39, 0.29) is 10.8 Å². The van der Waals surface area contributed by atoms with Crippen LogP contribution in [-0.2, 0) is 29.1 Å². The molecule has 0 N–H and O–H groups in total. The van der Waals surface area contributed by atoms with Gasteiger partial charge in [0.1, 0.15) is 0 Å². The third-order valence-corrected chi connectivity index (χ3v) is 15.1. The van der Waals surface area contributed by atoms with Crippen LogP contribution in [0.25, 0.3) is 33.4 Å². The molecule has 310 valence electrons. The van der Waals surface area contributed by atoms with Gasteiger partial charge in [-0.3, -0.25) is 0 Å². The van der Waals surface area contributed by atoms with E-state index in [1.807, 2.05) is 0 Å². The summed E-state index contributed by atoms with van der Waals surface area (Å²) in [6, 6.07) is 69.4. The van der Waals surface area contributed by atoms with E-state index in [9.17, 15) is 0 Å². The summed E-state index contributed by atoms with van der Waals surface area (Å²) in [6.45, 7) is 12.2. The molecule has 3 aliphatic rings. The van der Waals surface area contributed by atoms with Crippen molar-refractivity contribution in [3.8, 4) is 33.4 Å². The van der Waals surface area contributed by atoms with Crippen molar-refractivity contribution in [1.82, 2.24) is 0 Å². The molecule has 0 saturated carbocycles. The number of hydrogen-bond donors (Lipinski definition) is 0. The highest BCUT2D eigenvalue weighted by molar-refractivity contribution is 5.98. The number of benzene rings is 8. The number of rotatable bonds is 7. The fraction of sp³-hybridized carbons (Fsp3) is 0.226. The van der Waals surface area contributed by atoms with Gasteiger partial charge in [-0.15, -0.1) is 0 Å². The Balaban J connectivity index is 1.28. The Morgan fingerprint density at radius 1 is 0.413 bits per heavy atom. The molecule has 0 unspecified atom stereocenters. The third-order valence-electron chi connectivity index (χ3n) is 15.1. The lowest BCUT2D eigenvalue weighted by molar-refractivity contribution is 0.332. The molecule has 0 aromatic heterocycles. The van der Waals surface area contributed by atoms with Gasteiger partial charge in [-0.2, -0.15) is 0 Å². The van der Waals surface area contributed by atoms with Crippen LogP contribution in [0.5, 0.6) is 0 Å². The summed E-state index contributed by atoms with van der Waals surface area (Å²) in [5.41, 5.74) is 23.4. The van der Waals surface area contributed by atoms with Crippen LogP contribution in [0.1, 0.15) is 103 Å². The maximum atomic E-state index is 2.66. The van der Waals surface area contributed by atoms with Crippen LogP contribution >= 0.6 is 0 Å². The number of anilines is 3. The minimum absolute atomic E-state index is 0.0314. The first kappa shape index (κ1) is 39.4. The van der Waals surface area contributed by atoms with E-state index in [2.05, 4.69) is 222 Å². The Kier molecular flexibility index (Phi) is 9.46. The lowest BCUT2D eigenvalue weighted by Gasteiger charge is -2.45. The van der Waals surface area contributed by atoms with Gasteiger partial charge in [0.05, 0.1) is 16.8 Å². The number of aryl methyl sites for hydroxylation is 3. The van der Waals surface area contributed by atoms with Crippen LogP contribution in [0.15, 0.2) is 182 Å². The average Bonchev–Trinajstić information content (AvgIpc) is 3.61. The summed E-state index contributed by atoms with van der Waals surface area (Å²) in [6.07, 6.45) is 7.11. The zero-order valence-corrected chi connectivity index (χ0v) is 37.5. The molecule has 63 heavy (non-hydrogen) atoms. The normalized spacial score (nSPS) is 16.3. The zero-order valence-electron chi connectivity index (χ0n) is 37.5. The molecule has 3 aliphatic carbocycles. The quantitative estimate of drug-likeness (QED) is 0.155. The highest BCUT2D eigenvalue weighted by Gasteiger charge is 2.47. The lowest BCUT2D eigenvalue weighted by atomic mass is 9.62. The van der Waals surface area contributed by atoms with E-state index in [1.54, 1.807) is 0 Å². The number of fused-ring (bicyclic) bond motifs is 5. The van der Waals surface area contributed by atoms with Crippen molar-refractivity contribution in [2.75, 3.05) is 4.90 Å². The van der Waals surface area contributed by atoms with Crippen LogP contribution in [0.4, 0.5) is 17.1 Å². The van der Waals surface area contributed by atoms with E-state index in [4.69, 9.17) is 0 Å². The molecule has 0 amide bonds. The first-order valence-electron chi connectivity index (χ1n) is 23.3. The van der Waals surface area contributed by atoms with Crippen molar-refractivity contribution >= 4 is 17.1 Å². The van der Waals surface area contributed by atoms with Gasteiger partial charge in [0.15, 0.2) is 0 Å². The molecule has 11 rings (SSSR count). The molecule has 0 heterocycles. The topological polar surface area (TPSA) is 3.24 Å². The van der Waals surface area contributed by atoms with E-state index in [1.165, 1.54) is 120 Å². The Morgan fingerprint density at radius 3 is 1.67 bits per heavy atom. The van der Waals surface area contributed by atoms with E-state index in [0.29, 0.717) is 0 Å². The second-order valence-corrected chi connectivity index (χ2v) is 19.8. The van der Waals surface area contributed by atoms with Gasteiger partial charge in [0.2, 0.25) is 0 Å². The molecule has 1 nitrogen and oxygen atoms in total.